The van der Waals surface area contributed by atoms with Crippen molar-refractivity contribution in [1.82, 2.24) is 5.32 Å². The predicted octanol–water partition coefficient (Wildman–Crippen LogP) is 5.57. The van der Waals surface area contributed by atoms with Crippen LogP contribution in [-0.4, -0.2) is 128 Å². The third-order valence-electron chi connectivity index (χ3n) is 22.0. The van der Waals surface area contributed by atoms with Gasteiger partial charge in [-0.3, -0.25) is 24.0 Å². The summed E-state index contributed by atoms with van der Waals surface area (Å²) in [6, 6.07) is 12.6. The van der Waals surface area contributed by atoms with Crippen LogP contribution in [0.5, 0.6) is 23.0 Å². The summed E-state index contributed by atoms with van der Waals surface area (Å²) >= 11 is 0. The van der Waals surface area contributed by atoms with Gasteiger partial charge in [0.1, 0.15) is 47.4 Å². The molecule has 21 heteroatoms. The van der Waals surface area contributed by atoms with Crippen molar-refractivity contribution >= 4 is 41.7 Å². The smallest absolute Gasteiger partial charge is 0.341 e. The first-order valence-corrected chi connectivity index (χ1v) is 29.4. The summed E-state index contributed by atoms with van der Waals surface area (Å²) in [7, 11) is 0. The molecular formula is C64H73NO20. The number of aliphatic hydroxyl groups is 4. The van der Waals surface area contributed by atoms with Gasteiger partial charge in [-0.2, -0.15) is 0 Å². The number of hydrogen-bond donors (Lipinski definition) is 5. The van der Waals surface area contributed by atoms with E-state index >= 15 is 4.79 Å². The lowest BCUT2D eigenvalue weighted by Crippen LogP contribution is -2.80. The molecular weight excluding hydrogens is 1100 g/mol. The Morgan fingerprint density at radius 2 is 1.29 bits per heavy atom. The molecule has 21 atom stereocenters. The van der Waals surface area contributed by atoms with E-state index in [0.717, 1.165) is 0 Å². The summed E-state index contributed by atoms with van der Waals surface area (Å²) in [5.41, 5.74) is -8.86. The SMILES string of the molecule is CC(=O)O[C@H]1C2C([C@@H](O)[C@@H](NC(=O)c3ccc4c(c3)C(=O)OC43c4ccc(OC(=O)C(C)(C)C)cc4Oc4cc(OC(=O)C(C)(C)C)ccc43)[C@H]3C[C@@H]4O[C@@H]4[C@H](O)[C@]23C)[C@@H]2[C@@H](O)CC3[C@H]([C@H](C)[C@H]4O[C@]45OC(=O)[C@@](C)(O)[C@]35C)[C@@]2(C)[C@H]1OC(C)=O. The van der Waals surface area contributed by atoms with Crippen LogP contribution in [0, 0.1) is 68.5 Å². The molecule has 5 aliphatic carbocycles. The van der Waals surface area contributed by atoms with Gasteiger partial charge < -0.3 is 68.4 Å². The number of carbonyl (C=O) groups excluding carboxylic acids is 7. The van der Waals surface area contributed by atoms with Crippen LogP contribution in [0.1, 0.15) is 140 Å². The summed E-state index contributed by atoms with van der Waals surface area (Å²) in [5.74, 6) is -11.8. The molecule has 2 spiro atoms. The van der Waals surface area contributed by atoms with Crippen LogP contribution >= 0.6 is 0 Å². The minimum absolute atomic E-state index is 0.00490. The summed E-state index contributed by atoms with van der Waals surface area (Å²) in [6.07, 6.45) is -8.68. The Morgan fingerprint density at radius 3 is 1.87 bits per heavy atom. The van der Waals surface area contributed by atoms with Crippen molar-refractivity contribution in [2.24, 2.45) is 68.5 Å². The van der Waals surface area contributed by atoms with Crippen LogP contribution in [0.25, 0.3) is 0 Å². The van der Waals surface area contributed by atoms with Crippen molar-refractivity contribution < 1.29 is 96.6 Å². The van der Waals surface area contributed by atoms with Crippen LogP contribution in [0.4, 0.5) is 0 Å². The van der Waals surface area contributed by atoms with Crippen molar-refractivity contribution in [3.8, 4) is 23.0 Å². The molecule has 5 aliphatic heterocycles. The molecule has 21 nitrogen and oxygen atoms in total. The normalized spacial score (nSPS) is 41.5. The lowest BCUT2D eigenvalue weighted by atomic mass is 9.34. The van der Waals surface area contributed by atoms with Gasteiger partial charge in [-0.15, -0.1) is 0 Å². The highest BCUT2D eigenvalue weighted by Crippen LogP contribution is 2.79. The number of amides is 1. The van der Waals surface area contributed by atoms with E-state index in [4.69, 9.17) is 42.6 Å². The number of ether oxygens (including phenoxy) is 9. The van der Waals surface area contributed by atoms with E-state index in [0.29, 0.717) is 16.7 Å². The first-order valence-electron chi connectivity index (χ1n) is 29.4. The number of hydrogen-bond acceptors (Lipinski definition) is 20. The number of benzene rings is 3. The zero-order chi connectivity index (χ0) is 61.3. The van der Waals surface area contributed by atoms with Gasteiger partial charge in [0.15, 0.2) is 11.2 Å². The van der Waals surface area contributed by atoms with Crippen LogP contribution in [-0.2, 0) is 58.0 Å². The third kappa shape index (κ3) is 7.58. The van der Waals surface area contributed by atoms with Gasteiger partial charge >= 0.3 is 35.8 Å². The van der Waals surface area contributed by atoms with Crippen molar-refractivity contribution in [2.75, 3.05) is 0 Å². The van der Waals surface area contributed by atoms with Crippen molar-refractivity contribution in [3.63, 3.8) is 0 Å². The largest absolute Gasteiger partial charge is 0.458 e. The van der Waals surface area contributed by atoms with Gasteiger partial charge in [0.25, 0.3) is 5.91 Å². The molecule has 0 radical (unpaired) electrons. The molecule has 0 aromatic heterocycles. The molecule has 454 valence electrons. The zero-order valence-electron chi connectivity index (χ0n) is 49.7. The lowest BCUT2D eigenvalue weighted by Gasteiger charge is -2.72. The average molecular weight is 1180 g/mol. The maximum atomic E-state index is 15.3. The fourth-order valence-electron chi connectivity index (χ4n) is 17.9. The number of aliphatic hydroxyl groups excluding tert-OH is 3. The predicted molar refractivity (Wildman–Crippen MR) is 292 cm³/mol. The molecule has 1 amide bonds. The lowest BCUT2D eigenvalue weighted by molar-refractivity contribution is -0.325. The fourth-order valence-corrected chi connectivity index (χ4v) is 17.9. The minimum atomic E-state index is -2.11. The van der Waals surface area contributed by atoms with Crippen LogP contribution in [0.3, 0.4) is 0 Å². The van der Waals surface area contributed by atoms with Crippen molar-refractivity contribution in [2.45, 2.75) is 175 Å². The number of esters is 6. The van der Waals surface area contributed by atoms with Crippen LogP contribution in [0.15, 0.2) is 54.6 Å². The van der Waals surface area contributed by atoms with Gasteiger partial charge in [0.2, 0.25) is 5.79 Å². The highest BCUT2D eigenvalue weighted by Gasteiger charge is 2.91. The van der Waals surface area contributed by atoms with Crippen molar-refractivity contribution in [3.05, 3.63) is 82.4 Å². The average Bonchev–Trinajstić information content (AvgIpc) is 1.53. The van der Waals surface area contributed by atoms with Gasteiger partial charge in [-0.1, -0.05) is 26.8 Å². The molecule has 13 rings (SSSR count). The molecule has 5 saturated carbocycles. The molecule has 3 aromatic rings. The zero-order valence-corrected chi connectivity index (χ0v) is 49.7. The van der Waals surface area contributed by atoms with Crippen LogP contribution in [0.2, 0.25) is 0 Å². The van der Waals surface area contributed by atoms with Gasteiger partial charge in [-0.25, -0.2) is 9.59 Å². The molecule has 5 N–H and O–H groups in total. The molecule has 5 heterocycles. The second-order valence-corrected chi connectivity index (χ2v) is 28.6. The van der Waals surface area contributed by atoms with Gasteiger partial charge in [0.05, 0.1) is 52.3 Å². The molecule has 8 fully saturated rings. The Bertz CT molecular complexity index is 3390. The number of carbonyl (C=O) groups is 7. The summed E-state index contributed by atoms with van der Waals surface area (Å²) in [4.78, 5) is 97.0. The Labute approximate surface area is 490 Å². The van der Waals surface area contributed by atoms with E-state index in [1.807, 2.05) is 13.8 Å². The highest BCUT2D eigenvalue weighted by molar-refractivity contribution is 6.02. The van der Waals surface area contributed by atoms with Gasteiger partial charge in [-0.05, 0) is 140 Å². The van der Waals surface area contributed by atoms with E-state index in [1.54, 1.807) is 85.7 Å². The van der Waals surface area contributed by atoms with Crippen LogP contribution < -0.4 is 19.5 Å². The van der Waals surface area contributed by atoms with E-state index in [1.165, 1.54) is 45.0 Å². The quantitative estimate of drug-likeness (QED) is 0.0872. The summed E-state index contributed by atoms with van der Waals surface area (Å²) in [6.45, 7) is 21.3. The molecule has 3 saturated heterocycles. The number of rotatable bonds is 6. The summed E-state index contributed by atoms with van der Waals surface area (Å²) < 4.78 is 55.7. The number of epoxide rings is 2. The number of fused-ring (bicyclic) bond motifs is 15. The Balaban J connectivity index is 0.902. The Morgan fingerprint density at radius 1 is 0.706 bits per heavy atom. The maximum absolute atomic E-state index is 15.3. The Kier molecular flexibility index (Phi) is 12.2. The second-order valence-electron chi connectivity index (χ2n) is 28.6. The van der Waals surface area contributed by atoms with E-state index < -0.39 is 182 Å². The topological polar surface area (TPSA) is 302 Å². The van der Waals surface area contributed by atoms with E-state index in [2.05, 4.69) is 5.32 Å². The molecule has 10 aliphatic rings. The van der Waals surface area contributed by atoms with E-state index in [9.17, 15) is 49.2 Å². The first-order chi connectivity index (χ1) is 39.6. The standard InChI is InChI=1S/C64H73NO20/c1-25-42-35(61(12)62(13,76)56(75)85-64(61)50(25)83-64)23-37(68)43-41-44(48(77-26(2)66)51(60(42,43)11)78-27(3)67)59(10)36(24-40-47(82-40)49(59)70)45(46(41)69)65-52(71)28-14-17-32-31(20-28)53(72)84-63(32)33-18-15-29(79-54(73)57(4,5)6)21-38(33)81-39-22-30(16-19-34(39)63)80-55(74)58(7,8)9/h14-22,25,35-37,40-51,68-70,76H,23-24H2,1-13H3,(H,65,71)/t25-,35?,36+,37-,40-,41?,42-,43-,44?,45-,46+,47-,48-,49-,50+,51-,59-,60+,61-,62+,64-/m0/s1. The molecule has 0 bridgehead atoms. The monoisotopic (exact) mass is 1180 g/mol. The minimum Gasteiger partial charge on any atom is -0.458 e. The fraction of sp³-hybridized carbons (Fsp3) is 0.609. The highest BCUT2D eigenvalue weighted by atomic mass is 16.8. The second kappa shape index (κ2) is 18.1. The third-order valence-corrected chi connectivity index (χ3v) is 22.0. The molecule has 3 aromatic carbocycles. The molecule has 3 unspecified atom stereocenters. The summed E-state index contributed by atoms with van der Waals surface area (Å²) in [5, 5.41) is 54.7. The van der Waals surface area contributed by atoms with E-state index in [-0.39, 0.29) is 47.0 Å². The first kappa shape index (κ1) is 57.6. The molecule has 85 heavy (non-hydrogen) atoms. The maximum Gasteiger partial charge on any atom is 0.341 e. The van der Waals surface area contributed by atoms with Gasteiger partial charge in [0, 0.05) is 65.0 Å². The Hall–Kier alpha value is -6.49. The number of nitrogens with one attached hydrogen (secondary N) is 1. The van der Waals surface area contributed by atoms with Crippen molar-refractivity contribution in [1.29, 1.82) is 0 Å².